The van der Waals surface area contributed by atoms with Gasteiger partial charge < -0.3 is 16.0 Å². The summed E-state index contributed by atoms with van der Waals surface area (Å²) in [6, 6.07) is 4.03. The molecular formula is C16H26IN5OS. The predicted octanol–water partition coefficient (Wildman–Crippen LogP) is 2.48. The molecule has 0 aromatic carbocycles. The Balaban J connectivity index is 0.00000288. The van der Waals surface area contributed by atoms with Crippen LogP contribution in [0, 0.1) is 0 Å². The molecule has 0 spiro atoms. The number of amides is 1. The number of thioether (sulfide) groups is 1. The van der Waals surface area contributed by atoms with Gasteiger partial charge >= 0.3 is 0 Å². The van der Waals surface area contributed by atoms with E-state index in [0.29, 0.717) is 17.7 Å². The summed E-state index contributed by atoms with van der Waals surface area (Å²) >= 11 is 1.93. The zero-order chi connectivity index (χ0) is 16.5. The number of nitrogens with zero attached hydrogens (tertiary/aromatic N) is 2. The molecule has 0 aliphatic heterocycles. The highest BCUT2D eigenvalue weighted by atomic mass is 127. The number of halogens is 1. The molecule has 6 nitrogen and oxygen atoms in total. The number of hydrogen-bond acceptors (Lipinski definition) is 4. The fourth-order valence-electron chi connectivity index (χ4n) is 2.59. The molecule has 2 rings (SSSR count). The first-order valence-electron chi connectivity index (χ1n) is 7.98. The maximum absolute atomic E-state index is 12.0. The first kappa shape index (κ1) is 21.0. The van der Waals surface area contributed by atoms with Gasteiger partial charge in [0, 0.05) is 24.0 Å². The number of hydrogen-bond donors (Lipinski definition) is 3. The standard InChI is InChI=1S/C16H25N5OS.HI/c1-3-18-16(21-12-6-7-14(9-12)23-2)19-11-15(22)20-13-5-4-8-17-10-13;/h4-5,8,10,12,14H,3,6-7,9,11H2,1-2H3,(H,20,22)(H2,18,19,21);1H. The second kappa shape index (κ2) is 11.5. The average Bonchev–Trinajstić information content (AvgIpc) is 3.01. The highest BCUT2D eigenvalue weighted by Gasteiger charge is 2.24. The van der Waals surface area contributed by atoms with Crippen molar-refractivity contribution in [1.29, 1.82) is 0 Å². The van der Waals surface area contributed by atoms with E-state index in [0.717, 1.165) is 24.6 Å². The van der Waals surface area contributed by atoms with Crippen molar-refractivity contribution in [3.05, 3.63) is 24.5 Å². The molecule has 134 valence electrons. The van der Waals surface area contributed by atoms with Crippen LogP contribution in [-0.2, 0) is 4.79 Å². The second-order valence-corrected chi connectivity index (χ2v) is 6.64. The van der Waals surface area contributed by atoms with Crippen molar-refractivity contribution in [2.24, 2.45) is 4.99 Å². The van der Waals surface area contributed by atoms with Gasteiger partial charge in [0.2, 0.25) is 5.91 Å². The van der Waals surface area contributed by atoms with Crippen molar-refractivity contribution in [2.45, 2.75) is 37.5 Å². The van der Waals surface area contributed by atoms with Crippen LogP contribution in [0.1, 0.15) is 26.2 Å². The Kier molecular flexibility index (Phi) is 10.1. The second-order valence-electron chi connectivity index (χ2n) is 5.50. The van der Waals surface area contributed by atoms with E-state index in [1.807, 2.05) is 18.7 Å². The van der Waals surface area contributed by atoms with E-state index in [2.05, 4.69) is 32.2 Å². The quantitative estimate of drug-likeness (QED) is 0.343. The van der Waals surface area contributed by atoms with Crippen LogP contribution in [0.5, 0.6) is 0 Å². The summed E-state index contributed by atoms with van der Waals surface area (Å²) in [7, 11) is 0. The molecule has 1 heterocycles. The van der Waals surface area contributed by atoms with E-state index in [1.54, 1.807) is 24.5 Å². The van der Waals surface area contributed by atoms with Gasteiger partial charge in [-0.05, 0) is 44.6 Å². The molecule has 3 N–H and O–H groups in total. The normalized spacial score (nSPS) is 20.2. The molecule has 1 saturated carbocycles. The predicted molar refractivity (Wildman–Crippen MR) is 112 cm³/mol. The van der Waals surface area contributed by atoms with E-state index >= 15 is 0 Å². The third kappa shape index (κ3) is 7.25. The molecule has 1 amide bonds. The number of aromatic nitrogens is 1. The Hall–Kier alpha value is -1.03. The van der Waals surface area contributed by atoms with Crippen LogP contribution >= 0.6 is 35.7 Å². The Morgan fingerprint density at radius 3 is 2.92 bits per heavy atom. The van der Waals surface area contributed by atoms with Gasteiger partial charge in [-0.15, -0.1) is 24.0 Å². The van der Waals surface area contributed by atoms with Crippen LogP contribution in [0.25, 0.3) is 0 Å². The van der Waals surface area contributed by atoms with Crippen LogP contribution in [-0.4, -0.2) is 47.5 Å². The van der Waals surface area contributed by atoms with Gasteiger partial charge in [0.25, 0.3) is 0 Å². The maximum Gasteiger partial charge on any atom is 0.246 e. The molecule has 0 radical (unpaired) electrons. The van der Waals surface area contributed by atoms with E-state index in [-0.39, 0.29) is 36.4 Å². The smallest absolute Gasteiger partial charge is 0.246 e. The summed E-state index contributed by atoms with van der Waals surface area (Å²) in [5, 5.41) is 10.1. The Bertz CT molecular complexity index is 528. The van der Waals surface area contributed by atoms with Crippen LogP contribution in [0.2, 0.25) is 0 Å². The summed E-state index contributed by atoms with van der Waals surface area (Å²) in [6.07, 6.45) is 8.98. The fraction of sp³-hybridized carbons (Fsp3) is 0.562. The summed E-state index contributed by atoms with van der Waals surface area (Å²) in [6.45, 7) is 2.88. The Morgan fingerprint density at radius 2 is 2.29 bits per heavy atom. The molecule has 1 fully saturated rings. The zero-order valence-corrected chi connectivity index (χ0v) is 17.3. The minimum atomic E-state index is -0.149. The van der Waals surface area contributed by atoms with E-state index in [1.165, 1.54) is 6.42 Å². The van der Waals surface area contributed by atoms with Gasteiger partial charge in [0.05, 0.1) is 11.9 Å². The molecule has 1 aliphatic rings. The lowest BCUT2D eigenvalue weighted by Crippen LogP contribution is -2.43. The van der Waals surface area contributed by atoms with Gasteiger partial charge in [-0.25, -0.2) is 4.99 Å². The molecule has 1 aromatic rings. The van der Waals surface area contributed by atoms with E-state index in [4.69, 9.17) is 0 Å². The first-order valence-corrected chi connectivity index (χ1v) is 9.27. The summed E-state index contributed by atoms with van der Waals surface area (Å²) in [5.74, 6) is 0.559. The van der Waals surface area contributed by atoms with Gasteiger partial charge in [0.15, 0.2) is 5.96 Å². The van der Waals surface area contributed by atoms with Gasteiger partial charge in [-0.3, -0.25) is 9.78 Å². The minimum Gasteiger partial charge on any atom is -0.357 e. The fourth-order valence-corrected chi connectivity index (χ4v) is 3.38. The van der Waals surface area contributed by atoms with Crippen LogP contribution < -0.4 is 16.0 Å². The lowest BCUT2D eigenvalue weighted by molar-refractivity contribution is -0.114. The van der Waals surface area contributed by atoms with Crippen molar-refractivity contribution in [2.75, 3.05) is 24.7 Å². The van der Waals surface area contributed by atoms with Crippen LogP contribution in [0.4, 0.5) is 5.69 Å². The maximum atomic E-state index is 12.0. The van der Waals surface area contributed by atoms with Crippen molar-refractivity contribution in [1.82, 2.24) is 15.6 Å². The summed E-state index contributed by atoms with van der Waals surface area (Å²) < 4.78 is 0. The molecule has 0 bridgehead atoms. The largest absolute Gasteiger partial charge is 0.357 e. The number of nitrogens with one attached hydrogen (secondary N) is 3. The molecule has 1 aliphatic carbocycles. The van der Waals surface area contributed by atoms with Gasteiger partial charge in [-0.1, -0.05) is 0 Å². The molecule has 24 heavy (non-hydrogen) atoms. The van der Waals surface area contributed by atoms with Crippen molar-refractivity contribution < 1.29 is 4.79 Å². The molecule has 2 unspecified atom stereocenters. The van der Waals surface area contributed by atoms with Crippen molar-refractivity contribution >= 4 is 53.3 Å². The zero-order valence-electron chi connectivity index (χ0n) is 14.1. The Morgan fingerprint density at radius 1 is 1.46 bits per heavy atom. The number of pyridine rings is 1. The SMILES string of the molecule is CCNC(=NCC(=O)Nc1cccnc1)NC1CCC(SC)C1.I. The third-order valence-corrected chi connectivity index (χ3v) is 4.82. The molecule has 2 atom stereocenters. The number of aliphatic imine (C=N–C) groups is 1. The minimum absolute atomic E-state index is 0. The molecule has 0 saturated heterocycles. The summed E-state index contributed by atoms with van der Waals surface area (Å²) in [5.41, 5.74) is 0.685. The number of anilines is 1. The monoisotopic (exact) mass is 463 g/mol. The molecule has 8 heteroatoms. The van der Waals surface area contributed by atoms with Gasteiger partial charge in [0.1, 0.15) is 6.54 Å². The topological polar surface area (TPSA) is 78.4 Å². The number of carbonyl (C=O) groups is 1. The summed E-state index contributed by atoms with van der Waals surface area (Å²) in [4.78, 5) is 20.3. The highest BCUT2D eigenvalue weighted by molar-refractivity contribution is 14.0. The number of carbonyl (C=O) groups excluding carboxylic acids is 1. The van der Waals surface area contributed by atoms with Gasteiger partial charge in [-0.2, -0.15) is 11.8 Å². The van der Waals surface area contributed by atoms with E-state index in [9.17, 15) is 4.79 Å². The number of rotatable bonds is 6. The van der Waals surface area contributed by atoms with E-state index < -0.39 is 0 Å². The van der Waals surface area contributed by atoms with Crippen LogP contribution in [0.3, 0.4) is 0 Å². The highest BCUT2D eigenvalue weighted by Crippen LogP contribution is 2.27. The third-order valence-electron chi connectivity index (χ3n) is 3.73. The lowest BCUT2D eigenvalue weighted by atomic mass is 10.2. The molecule has 1 aromatic heterocycles. The van der Waals surface area contributed by atoms with Crippen molar-refractivity contribution in [3.63, 3.8) is 0 Å². The Labute approximate surface area is 165 Å². The van der Waals surface area contributed by atoms with Crippen molar-refractivity contribution in [3.8, 4) is 0 Å². The van der Waals surface area contributed by atoms with Crippen LogP contribution in [0.15, 0.2) is 29.5 Å². The molecular weight excluding hydrogens is 437 g/mol. The average molecular weight is 463 g/mol. The number of guanidine groups is 1. The lowest BCUT2D eigenvalue weighted by Gasteiger charge is -2.17. The first-order chi connectivity index (χ1) is 11.2.